The van der Waals surface area contributed by atoms with Crippen LogP contribution in [0, 0.1) is 0 Å². The molecule has 0 bridgehead atoms. The van der Waals surface area contributed by atoms with Crippen LogP contribution < -0.4 is 5.32 Å². The van der Waals surface area contributed by atoms with Crippen molar-refractivity contribution in [2.75, 3.05) is 6.54 Å². The summed E-state index contributed by atoms with van der Waals surface area (Å²) in [6, 6.07) is 0. The smallest absolute Gasteiger partial charge is 0.0396 e. The van der Waals surface area contributed by atoms with Gasteiger partial charge in [-0.15, -0.1) is 0 Å². The van der Waals surface area contributed by atoms with Crippen molar-refractivity contribution >= 4 is 5.71 Å². The number of rotatable bonds is 2. The summed E-state index contributed by atoms with van der Waals surface area (Å²) in [7, 11) is 0. The highest BCUT2D eigenvalue weighted by Gasteiger charge is 2.09. The summed E-state index contributed by atoms with van der Waals surface area (Å²) >= 11 is 0. The maximum absolute atomic E-state index is 4.41. The molecular weight excluding hydrogens is 160 g/mol. The zero-order valence-corrected chi connectivity index (χ0v) is 9.15. The van der Waals surface area contributed by atoms with Crippen molar-refractivity contribution in [2.45, 2.75) is 46.1 Å². The number of nitrogens with one attached hydrogen (secondary N) is 1. The Morgan fingerprint density at radius 3 is 2.62 bits per heavy atom. The molecule has 0 amide bonds. The SMILES string of the molecule is C/C(=C\C1=NCCC1)NC(C)(C)C. The van der Waals surface area contributed by atoms with Crippen LogP contribution >= 0.6 is 0 Å². The van der Waals surface area contributed by atoms with Gasteiger partial charge in [0.15, 0.2) is 0 Å². The molecule has 0 saturated heterocycles. The number of nitrogens with zero attached hydrogens (tertiary/aromatic N) is 1. The molecule has 0 atom stereocenters. The minimum absolute atomic E-state index is 0.153. The first-order chi connectivity index (χ1) is 5.97. The minimum atomic E-state index is 0.153. The van der Waals surface area contributed by atoms with Gasteiger partial charge in [-0.05, 0) is 46.6 Å². The van der Waals surface area contributed by atoms with Crippen LogP contribution in [-0.2, 0) is 0 Å². The van der Waals surface area contributed by atoms with Crippen molar-refractivity contribution in [2.24, 2.45) is 4.99 Å². The van der Waals surface area contributed by atoms with Crippen LogP contribution in [0.15, 0.2) is 16.8 Å². The van der Waals surface area contributed by atoms with Crippen LogP contribution in [0.5, 0.6) is 0 Å². The Balaban J connectivity index is 2.51. The fourth-order valence-electron chi connectivity index (χ4n) is 1.56. The lowest BCUT2D eigenvalue weighted by molar-refractivity contribution is 0.474. The van der Waals surface area contributed by atoms with Crippen LogP contribution in [0.3, 0.4) is 0 Å². The predicted molar refractivity (Wildman–Crippen MR) is 58.2 cm³/mol. The van der Waals surface area contributed by atoms with Gasteiger partial charge in [0.25, 0.3) is 0 Å². The summed E-state index contributed by atoms with van der Waals surface area (Å²) in [6.45, 7) is 9.61. The Morgan fingerprint density at radius 2 is 2.15 bits per heavy atom. The first-order valence-electron chi connectivity index (χ1n) is 4.97. The zero-order valence-electron chi connectivity index (χ0n) is 9.15. The summed E-state index contributed by atoms with van der Waals surface area (Å²) in [5, 5.41) is 3.43. The number of aliphatic imine (C=N–C) groups is 1. The molecule has 1 aliphatic rings. The first kappa shape index (κ1) is 10.3. The summed E-state index contributed by atoms with van der Waals surface area (Å²) in [5.41, 5.74) is 2.61. The first-order valence-corrected chi connectivity index (χ1v) is 4.97. The van der Waals surface area contributed by atoms with E-state index in [1.54, 1.807) is 0 Å². The number of hydrogen-bond acceptors (Lipinski definition) is 2. The topological polar surface area (TPSA) is 24.4 Å². The largest absolute Gasteiger partial charge is 0.384 e. The van der Waals surface area contributed by atoms with Gasteiger partial charge in [0.05, 0.1) is 0 Å². The van der Waals surface area contributed by atoms with E-state index in [9.17, 15) is 0 Å². The molecule has 1 N–H and O–H groups in total. The normalized spacial score (nSPS) is 18.8. The highest BCUT2D eigenvalue weighted by Crippen LogP contribution is 2.08. The molecule has 74 valence electrons. The Kier molecular flexibility index (Phi) is 3.12. The van der Waals surface area contributed by atoms with Gasteiger partial charge in [-0.2, -0.15) is 0 Å². The van der Waals surface area contributed by atoms with Gasteiger partial charge in [0.2, 0.25) is 0 Å². The van der Waals surface area contributed by atoms with E-state index in [0.717, 1.165) is 13.0 Å². The van der Waals surface area contributed by atoms with Crippen LogP contribution in [0.25, 0.3) is 0 Å². The molecular formula is C11H20N2. The molecule has 0 unspecified atom stereocenters. The molecule has 1 rings (SSSR count). The second-order valence-electron chi connectivity index (χ2n) is 4.68. The Morgan fingerprint density at radius 1 is 1.46 bits per heavy atom. The molecule has 0 aromatic rings. The second-order valence-corrected chi connectivity index (χ2v) is 4.68. The number of hydrogen-bond donors (Lipinski definition) is 1. The molecule has 1 aliphatic heterocycles. The van der Waals surface area contributed by atoms with Gasteiger partial charge < -0.3 is 5.32 Å². The van der Waals surface area contributed by atoms with Gasteiger partial charge in [-0.25, -0.2) is 0 Å². The predicted octanol–water partition coefficient (Wildman–Crippen LogP) is 2.51. The fraction of sp³-hybridized carbons (Fsp3) is 0.727. The number of allylic oxidation sites excluding steroid dienone is 2. The third kappa shape index (κ3) is 4.11. The molecule has 13 heavy (non-hydrogen) atoms. The Bertz CT molecular complexity index is 231. The maximum atomic E-state index is 4.41. The van der Waals surface area contributed by atoms with Crippen molar-refractivity contribution in [1.82, 2.24) is 5.32 Å². The summed E-state index contributed by atoms with van der Waals surface area (Å²) in [6.07, 6.45) is 4.52. The van der Waals surface area contributed by atoms with E-state index in [0.29, 0.717) is 0 Å². The Hall–Kier alpha value is -0.790. The van der Waals surface area contributed by atoms with E-state index in [4.69, 9.17) is 0 Å². The molecule has 2 nitrogen and oxygen atoms in total. The van der Waals surface area contributed by atoms with Crippen LogP contribution in [0.2, 0.25) is 0 Å². The fourth-order valence-corrected chi connectivity index (χ4v) is 1.56. The quantitative estimate of drug-likeness (QED) is 0.693. The molecule has 0 aromatic heterocycles. The average molecular weight is 180 g/mol. The third-order valence-electron chi connectivity index (χ3n) is 1.86. The van der Waals surface area contributed by atoms with Gasteiger partial charge in [0.1, 0.15) is 0 Å². The average Bonchev–Trinajstić information content (AvgIpc) is 2.34. The highest BCUT2D eigenvalue weighted by atomic mass is 15.0. The maximum Gasteiger partial charge on any atom is 0.0396 e. The lowest BCUT2D eigenvalue weighted by Crippen LogP contribution is -2.34. The van der Waals surface area contributed by atoms with E-state index in [1.807, 2.05) is 0 Å². The van der Waals surface area contributed by atoms with Gasteiger partial charge >= 0.3 is 0 Å². The van der Waals surface area contributed by atoms with E-state index in [-0.39, 0.29) is 5.54 Å². The Labute approximate surface area is 81.1 Å². The van der Waals surface area contributed by atoms with E-state index in [2.05, 4.69) is 44.1 Å². The van der Waals surface area contributed by atoms with E-state index in [1.165, 1.54) is 17.8 Å². The van der Waals surface area contributed by atoms with Gasteiger partial charge in [-0.1, -0.05) is 0 Å². The van der Waals surface area contributed by atoms with Crippen molar-refractivity contribution in [3.63, 3.8) is 0 Å². The standard InChI is InChI=1S/C11H20N2/c1-9(13-11(2,3)4)8-10-6-5-7-12-10/h8,13H,5-7H2,1-4H3/b9-8+. The summed E-state index contributed by atoms with van der Waals surface area (Å²) < 4.78 is 0. The zero-order chi connectivity index (χ0) is 9.90. The van der Waals surface area contributed by atoms with E-state index >= 15 is 0 Å². The molecule has 0 radical (unpaired) electrons. The lowest BCUT2D eigenvalue weighted by Gasteiger charge is -2.22. The van der Waals surface area contributed by atoms with Crippen molar-refractivity contribution < 1.29 is 0 Å². The third-order valence-corrected chi connectivity index (χ3v) is 1.86. The lowest BCUT2D eigenvalue weighted by atomic mass is 10.1. The molecule has 0 saturated carbocycles. The van der Waals surface area contributed by atoms with Crippen molar-refractivity contribution in [3.8, 4) is 0 Å². The van der Waals surface area contributed by atoms with E-state index < -0.39 is 0 Å². The summed E-state index contributed by atoms with van der Waals surface area (Å²) in [4.78, 5) is 4.41. The van der Waals surface area contributed by atoms with Crippen LogP contribution in [-0.4, -0.2) is 17.8 Å². The molecule has 0 aliphatic carbocycles. The second kappa shape index (κ2) is 3.95. The van der Waals surface area contributed by atoms with Gasteiger partial charge in [0, 0.05) is 23.5 Å². The van der Waals surface area contributed by atoms with Crippen LogP contribution in [0.1, 0.15) is 40.5 Å². The molecule has 0 spiro atoms. The monoisotopic (exact) mass is 180 g/mol. The van der Waals surface area contributed by atoms with Crippen molar-refractivity contribution in [3.05, 3.63) is 11.8 Å². The summed E-state index contributed by atoms with van der Waals surface area (Å²) in [5.74, 6) is 0. The minimum Gasteiger partial charge on any atom is -0.384 e. The van der Waals surface area contributed by atoms with Gasteiger partial charge in [-0.3, -0.25) is 4.99 Å². The molecule has 1 heterocycles. The molecule has 0 aromatic carbocycles. The molecule has 0 fully saturated rings. The van der Waals surface area contributed by atoms with Crippen LogP contribution in [0.4, 0.5) is 0 Å². The molecule has 2 heteroatoms. The highest BCUT2D eigenvalue weighted by molar-refractivity contribution is 5.96. The van der Waals surface area contributed by atoms with Crippen molar-refractivity contribution in [1.29, 1.82) is 0 Å².